The fraction of sp³-hybridized carbons (Fsp3) is 0.688. The summed E-state index contributed by atoms with van der Waals surface area (Å²) in [6.45, 7) is 1.86. The molecule has 0 atom stereocenters. The average Bonchev–Trinajstić information content (AvgIpc) is 2.70. The summed E-state index contributed by atoms with van der Waals surface area (Å²) in [6, 6.07) is 0. The molecule has 0 aliphatic heterocycles. The highest BCUT2D eigenvalue weighted by molar-refractivity contribution is 7.16. The number of rotatable bonds is 1. The van der Waals surface area contributed by atoms with Gasteiger partial charge in [0, 0.05) is 5.41 Å². The lowest BCUT2D eigenvalue weighted by molar-refractivity contribution is -0.00659. The highest BCUT2D eigenvalue weighted by Crippen LogP contribution is 2.61. The average molecular weight is 272 g/mol. The molecule has 5 rings (SSSR count). The van der Waals surface area contributed by atoms with E-state index in [1.807, 2.05) is 6.92 Å². The number of nitrogens with zero attached hydrogens (tertiary/aromatic N) is 1. The molecule has 0 unspecified atom stereocenters. The molecule has 4 aliphatic carbocycles. The van der Waals surface area contributed by atoms with E-state index in [9.17, 15) is 0 Å². The maximum absolute atomic E-state index is 6.28. The Morgan fingerprint density at radius 3 is 2.26 bits per heavy atom. The minimum Gasteiger partial charge on any atom is -0.389 e. The zero-order valence-corrected chi connectivity index (χ0v) is 12.2. The second kappa shape index (κ2) is 3.99. The molecule has 0 saturated heterocycles. The summed E-state index contributed by atoms with van der Waals surface area (Å²) in [5.74, 6) is 8.83. The lowest BCUT2D eigenvalue weighted by Crippen LogP contribution is -2.49. The van der Waals surface area contributed by atoms with Crippen molar-refractivity contribution in [3.8, 4) is 11.8 Å². The molecule has 2 nitrogen and oxygen atoms in total. The van der Waals surface area contributed by atoms with Gasteiger partial charge in [0.05, 0.1) is 5.69 Å². The molecule has 3 heteroatoms. The van der Waals surface area contributed by atoms with Gasteiger partial charge in [-0.25, -0.2) is 4.98 Å². The number of thiazole rings is 1. The van der Waals surface area contributed by atoms with Gasteiger partial charge < -0.3 is 5.73 Å². The van der Waals surface area contributed by atoms with Gasteiger partial charge in [-0.3, -0.25) is 0 Å². The van der Waals surface area contributed by atoms with Gasteiger partial charge in [-0.1, -0.05) is 17.3 Å². The third-order valence-corrected chi connectivity index (χ3v) is 6.23. The van der Waals surface area contributed by atoms with E-state index in [1.54, 1.807) is 11.3 Å². The molecular weight excluding hydrogens is 252 g/mol. The number of aromatic nitrogens is 1. The fourth-order valence-electron chi connectivity index (χ4n) is 5.27. The molecule has 19 heavy (non-hydrogen) atoms. The molecule has 0 aromatic carbocycles. The van der Waals surface area contributed by atoms with E-state index in [1.165, 1.54) is 44.2 Å². The van der Waals surface area contributed by atoms with E-state index in [-0.39, 0.29) is 0 Å². The Labute approximate surface area is 118 Å². The van der Waals surface area contributed by atoms with Crippen molar-refractivity contribution in [2.75, 3.05) is 5.73 Å². The Bertz CT molecular complexity index is 540. The lowest BCUT2D eigenvalue weighted by Gasteiger charge is -2.56. The van der Waals surface area contributed by atoms with E-state index in [2.05, 4.69) is 11.8 Å². The first-order chi connectivity index (χ1) is 9.18. The maximum Gasteiger partial charge on any atom is 0.169 e. The van der Waals surface area contributed by atoms with Crippen molar-refractivity contribution in [3.05, 3.63) is 10.7 Å². The van der Waals surface area contributed by atoms with Crippen LogP contribution in [0.25, 0.3) is 0 Å². The Morgan fingerprint density at radius 2 is 1.74 bits per heavy atom. The molecule has 4 saturated carbocycles. The van der Waals surface area contributed by atoms with E-state index >= 15 is 0 Å². The minimum atomic E-state index is 0.309. The van der Waals surface area contributed by atoms with Crippen molar-refractivity contribution in [1.29, 1.82) is 0 Å². The first kappa shape index (κ1) is 11.8. The second-order valence-electron chi connectivity index (χ2n) is 6.80. The monoisotopic (exact) mass is 272 g/mol. The largest absolute Gasteiger partial charge is 0.389 e. The highest BCUT2D eigenvalue weighted by Gasteiger charge is 2.53. The topological polar surface area (TPSA) is 38.9 Å². The normalized spacial score (nSPS) is 39.1. The minimum absolute atomic E-state index is 0.309. The molecule has 1 heterocycles. The summed E-state index contributed by atoms with van der Waals surface area (Å²) < 4.78 is 0. The zero-order chi connectivity index (χ0) is 13.0. The first-order valence-corrected chi connectivity index (χ1v) is 8.20. The van der Waals surface area contributed by atoms with Crippen molar-refractivity contribution in [2.24, 2.45) is 17.8 Å². The van der Waals surface area contributed by atoms with E-state index < -0.39 is 0 Å². The van der Waals surface area contributed by atoms with Gasteiger partial charge in [-0.15, -0.1) is 0 Å². The van der Waals surface area contributed by atoms with Crippen molar-refractivity contribution in [1.82, 2.24) is 4.98 Å². The van der Waals surface area contributed by atoms with Gasteiger partial charge in [-0.2, -0.15) is 0 Å². The fourth-order valence-corrected chi connectivity index (χ4v) is 6.13. The molecular formula is C16H20N2S. The summed E-state index contributed by atoms with van der Waals surface area (Å²) in [5.41, 5.74) is 7.79. The number of anilines is 1. The van der Waals surface area contributed by atoms with Gasteiger partial charge >= 0.3 is 0 Å². The highest BCUT2D eigenvalue weighted by atomic mass is 32.1. The quantitative estimate of drug-likeness (QED) is 0.794. The van der Waals surface area contributed by atoms with Crippen LogP contribution in [-0.4, -0.2) is 4.98 Å². The summed E-state index contributed by atoms with van der Waals surface area (Å²) in [5, 5.41) is 1.84. The van der Waals surface area contributed by atoms with E-state index in [0.717, 1.165) is 27.8 Å². The Kier molecular flexibility index (Phi) is 2.48. The van der Waals surface area contributed by atoms with Crippen molar-refractivity contribution in [2.45, 2.75) is 50.9 Å². The molecule has 2 N–H and O–H groups in total. The summed E-state index contributed by atoms with van der Waals surface area (Å²) >= 11 is 1.58. The molecule has 1 aromatic heterocycles. The van der Waals surface area contributed by atoms with Crippen LogP contribution in [0.5, 0.6) is 0 Å². The second-order valence-corrected chi connectivity index (χ2v) is 7.84. The first-order valence-electron chi connectivity index (χ1n) is 7.38. The smallest absolute Gasteiger partial charge is 0.169 e. The van der Waals surface area contributed by atoms with Gasteiger partial charge in [0.25, 0.3) is 0 Å². The number of nitrogens with two attached hydrogens (primary N) is 1. The van der Waals surface area contributed by atoms with Crippen LogP contribution in [0.15, 0.2) is 0 Å². The number of hydrogen-bond donors (Lipinski definition) is 1. The van der Waals surface area contributed by atoms with E-state index in [4.69, 9.17) is 10.7 Å². The van der Waals surface area contributed by atoms with Gasteiger partial charge in [0.15, 0.2) is 5.01 Å². The molecule has 0 spiro atoms. The van der Waals surface area contributed by atoms with Gasteiger partial charge in [0.1, 0.15) is 5.00 Å². The van der Waals surface area contributed by atoms with E-state index in [0.29, 0.717) is 5.41 Å². The lowest BCUT2D eigenvalue weighted by atomic mass is 9.49. The van der Waals surface area contributed by atoms with Crippen LogP contribution in [-0.2, 0) is 5.41 Å². The molecule has 100 valence electrons. The van der Waals surface area contributed by atoms with Crippen molar-refractivity contribution >= 4 is 16.3 Å². The standard InChI is InChI=1S/C16H20N2S/c1-2-3-13-18-14(15(17)19-13)16-7-10-4-11(8-16)6-12(5-10)9-16/h10-12H,4-9,17H2,1H3. The number of nitrogen functional groups attached to an aromatic ring is 1. The molecule has 4 fully saturated rings. The number of hydrogen-bond acceptors (Lipinski definition) is 3. The van der Waals surface area contributed by atoms with Crippen molar-refractivity contribution in [3.63, 3.8) is 0 Å². The zero-order valence-electron chi connectivity index (χ0n) is 11.4. The van der Waals surface area contributed by atoms with Crippen LogP contribution >= 0.6 is 11.3 Å². The summed E-state index contributed by atoms with van der Waals surface area (Å²) in [4.78, 5) is 4.81. The van der Waals surface area contributed by atoms with Crippen LogP contribution in [0.4, 0.5) is 5.00 Å². The molecule has 0 amide bonds. The molecule has 4 bridgehead atoms. The SMILES string of the molecule is CC#Cc1nc(C23CC4CC(CC(C4)C2)C3)c(N)s1. The Hall–Kier alpha value is -1.01. The van der Waals surface area contributed by atoms with Crippen LogP contribution in [0.3, 0.4) is 0 Å². The summed E-state index contributed by atoms with van der Waals surface area (Å²) in [6.07, 6.45) is 8.37. The van der Waals surface area contributed by atoms with Crippen molar-refractivity contribution < 1.29 is 0 Å². The summed E-state index contributed by atoms with van der Waals surface area (Å²) in [7, 11) is 0. The van der Waals surface area contributed by atoms with Crippen LogP contribution in [0.2, 0.25) is 0 Å². The molecule has 0 radical (unpaired) electrons. The maximum atomic E-state index is 6.28. The molecule has 1 aromatic rings. The third-order valence-electron chi connectivity index (χ3n) is 5.43. The van der Waals surface area contributed by atoms with Gasteiger partial charge in [-0.05, 0) is 69.1 Å². The molecule has 4 aliphatic rings. The Morgan fingerprint density at radius 1 is 1.16 bits per heavy atom. The van der Waals surface area contributed by atoms with Gasteiger partial charge in [0.2, 0.25) is 0 Å². The van der Waals surface area contributed by atoms with Crippen LogP contribution < -0.4 is 5.73 Å². The predicted octanol–water partition coefficient (Wildman–Crippen LogP) is 3.56. The third kappa shape index (κ3) is 1.73. The predicted molar refractivity (Wildman–Crippen MR) is 78.9 cm³/mol. The van der Waals surface area contributed by atoms with Crippen LogP contribution in [0, 0.1) is 29.6 Å². The van der Waals surface area contributed by atoms with Crippen LogP contribution in [0.1, 0.15) is 56.2 Å². The Balaban J connectivity index is 1.76.